The summed E-state index contributed by atoms with van der Waals surface area (Å²) in [5.74, 6) is 2.16. The average Bonchev–Trinajstić information content (AvgIpc) is 3.05. The van der Waals surface area contributed by atoms with Crippen molar-refractivity contribution in [3.8, 4) is 11.5 Å². The minimum absolute atomic E-state index is 0.233. The molecule has 0 aliphatic carbocycles. The fourth-order valence-electron chi connectivity index (χ4n) is 1.90. The van der Waals surface area contributed by atoms with E-state index in [2.05, 4.69) is 30.4 Å². The number of nitrogens with zero attached hydrogens (tertiary/aromatic N) is 5. The highest BCUT2D eigenvalue weighted by Crippen LogP contribution is 2.20. The fraction of sp³-hybridized carbons (Fsp3) is 0.312. The van der Waals surface area contributed by atoms with Crippen molar-refractivity contribution in [2.75, 3.05) is 5.32 Å². The summed E-state index contributed by atoms with van der Waals surface area (Å²) in [5.41, 5.74) is 2.56. The van der Waals surface area contributed by atoms with Gasteiger partial charge in [-0.25, -0.2) is 4.98 Å². The van der Waals surface area contributed by atoms with Gasteiger partial charge in [-0.15, -0.1) is 0 Å². The Morgan fingerprint density at radius 3 is 2.57 bits per heavy atom. The Kier molecular flexibility index (Phi) is 4.27. The van der Waals surface area contributed by atoms with E-state index in [-0.39, 0.29) is 5.92 Å². The molecule has 0 unspecified atom stereocenters. The van der Waals surface area contributed by atoms with Crippen molar-refractivity contribution in [1.82, 2.24) is 25.1 Å². The first-order valence-electron chi connectivity index (χ1n) is 7.43. The van der Waals surface area contributed by atoms with E-state index in [1.54, 1.807) is 18.6 Å². The third-order valence-corrected chi connectivity index (χ3v) is 3.25. The normalized spacial score (nSPS) is 11.0. The van der Waals surface area contributed by atoms with E-state index in [0.717, 1.165) is 22.8 Å². The largest absolute Gasteiger partial charge is 0.364 e. The number of pyridine rings is 1. The molecule has 0 fully saturated rings. The molecule has 0 amide bonds. The summed E-state index contributed by atoms with van der Waals surface area (Å²) in [6, 6.07) is 3.77. The molecule has 118 valence electrons. The van der Waals surface area contributed by atoms with Crippen LogP contribution in [0.1, 0.15) is 37.0 Å². The highest BCUT2D eigenvalue weighted by molar-refractivity contribution is 5.54. The molecule has 0 saturated heterocycles. The molecule has 0 aliphatic heterocycles. The van der Waals surface area contributed by atoms with Crippen molar-refractivity contribution in [2.24, 2.45) is 0 Å². The standard InChI is InChI=1S/C16H18N6O/c1-10(2)15-21-16(23-22-15)12-4-5-14(19-7-12)20-9-13-8-17-11(3)6-18-13/h4-8,10H,9H2,1-3H3,(H,19,20). The van der Waals surface area contributed by atoms with Crippen LogP contribution in [-0.4, -0.2) is 25.1 Å². The number of aromatic nitrogens is 5. The molecular formula is C16H18N6O. The number of aryl methyl sites for hydroxylation is 1. The lowest BCUT2D eigenvalue weighted by molar-refractivity contribution is 0.419. The molecule has 0 aliphatic rings. The van der Waals surface area contributed by atoms with Crippen LogP contribution in [0.15, 0.2) is 35.2 Å². The summed E-state index contributed by atoms with van der Waals surface area (Å²) in [7, 11) is 0. The predicted molar refractivity (Wildman–Crippen MR) is 85.7 cm³/mol. The fourth-order valence-corrected chi connectivity index (χ4v) is 1.90. The average molecular weight is 310 g/mol. The predicted octanol–water partition coefficient (Wildman–Crippen LogP) is 2.97. The minimum atomic E-state index is 0.233. The quantitative estimate of drug-likeness (QED) is 0.774. The van der Waals surface area contributed by atoms with Crippen molar-refractivity contribution in [3.63, 3.8) is 0 Å². The summed E-state index contributed by atoms with van der Waals surface area (Å²) < 4.78 is 5.25. The lowest BCUT2D eigenvalue weighted by Crippen LogP contribution is -2.03. The van der Waals surface area contributed by atoms with Crippen LogP contribution in [0.3, 0.4) is 0 Å². The van der Waals surface area contributed by atoms with Gasteiger partial charge in [0.15, 0.2) is 5.82 Å². The van der Waals surface area contributed by atoms with Crippen LogP contribution < -0.4 is 5.32 Å². The molecule has 1 N–H and O–H groups in total. The molecular weight excluding hydrogens is 292 g/mol. The summed E-state index contributed by atoms with van der Waals surface area (Å²) >= 11 is 0. The van der Waals surface area contributed by atoms with Crippen LogP contribution in [0.5, 0.6) is 0 Å². The molecule has 0 aromatic carbocycles. The molecule has 0 saturated carbocycles. The van der Waals surface area contributed by atoms with E-state index < -0.39 is 0 Å². The lowest BCUT2D eigenvalue weighted by Gasteiger charge is -2.05. The van der Waals surface area contributed by atoms with Crippen LogP contribution in [0.2, 0.25) is 0 Å². The molecule has 23 heavy (non-hydrogen) atoms. The van der Waals surface area contributed by atoms with Crippen molar-refractivity contribution >= 4 is 5.82 Å². The number of nitrogens with one attached hydrogen (secondary N) is 1. The molecule has 0 atom stereocenters. The van der Waals surface area contributed by atoms with Gasteiger partial charge in [0.25, 0.3) is 5.89 Å². The van der Waals surface area contributed by atoms with Gasteiger partial charge in [0, 0.05) is 18.3 Å². The van der Waals surface area contributed by atoms with Crippen LogP contribution >= 0.6 is 0 Å². The first-order valence-corrected chi connectivity index (χ1v) is 7.43. The van der Waals surface area contributed by atoms with Gasteiger partial charge < -0.3 is 9.84 Å². The molecule has 3 rings (SSSR count). The van der Waals surface area contributed by atoms with E-state index in [1.165, 1.54) is 0 Å². The van der Waals surface area contributed by atoms with Gasteiger partial charge in [0.2, 0.25) is 0 Å². The second-order valence-electron chi connectivity index (χ2n) is 5.55. The summed E-state index contributed by atoms with van der Waals surface area (Å²) in [5, 5.41) is 7.16. The number of hydrogen-bond donors (Lipinski definition) is 1. The molecule has 7 nitrogen and oxygen atoms in total. The molecule has 7 heteroatoms. The number of hydrogen-bond acceptors (Lipinski definition) is 7. The van der Waals surface area contributed by atoms with Gasteiger partial charge in [0.1, 0.15) is 5.82 Å². The minimum Gasteiger partial charge on any atom is -0.364 e. The van der Waals surface area contributed by atoms with Gasteiger partial charge in [-0.3, -0.25) is 9.97 Å². The Morgan fingerprint density at radius 2 is 1.96 bits per heavy atom. The molecule has 0 bridgehead atoms. The second kappa shape index (κ2) is 6.51. The van der Waals surface area contributed by atoms with Gasteiger partial charge in [-0.2, -0.15) is 4.98 Å². The molecule has 3 heterocycles. The van der Waals surface area contributed by atoms with E-state index in [1.807, 2.05) is 32.9 Å². The highest BCUT2D eigenvalue weighted by atomic mass is 16.5. The van der Waals surface area contributed by atoms with Crippen LogP contribution in [0.25, 0.3) is 11.5 Å². The Balaban J connectivity index is 1.65. The maximum absolute atomic E-state index is 5.25. The smallest absolute Gasteiger partial charge is 0.259 e. The zero-order chi connectivity index (χ0) is 16.2. The van der Waals surface area contributed by atoms with Crippen LogP contribution in [-0.2, 0) is 6.54 Å². The summed E-state index contributed by atoms with van der Waals surface area (Å²) in [4.78, 5) is 17.2. The summed E-state index contributed by atoms with van der Waals surface area (Å²) in [6.45, 7) is 6.52. The molecule has 3 aromatic rings. The monoisotopic (exact) mass is 310 g/mol. The highest BCUT2D eigenvalue weighted by Gasteiger charge is 2.11. The molecule has 0 spiro atoms. The van der Waals surface area contributed by atoms with Gasteiger partial charge in [0.05, 0.1) is 29.7 Å². The van der Waals surface area contributed by atoms with E-state index in [4.69, 9.17) is 4.52 Å². The lowest BCUT2D eigenvalue weighted by atomic mass is 10.2. The van der Waals surface area contributed by atoms with Crippen molar-refractivity contribution in [3.05, 3.63) is 47.9 Å². The second-order valence-corrected chi connectivity index (χ2v) is 5.55. The third kappa shape index (κ3) is 3.68. The number of anilines is 1. The maximum Gasteiger partial charge on any atom is 0.259 e. The first kappa shape index (κ1) is 15.1. The van der Waals surface area contributed by atoms with E-state index >= 15 is 0 Å². The van der Waals surface area contributed by atoms with Gasteiger partial charge in [-0.1, -0.05) is 19.0 Å². The Hall–Kier alpha value is -2.83. The van der Waals surface area contributed by atoms with Crippen molar-refractivity contribution in [1.29, 1.82) is 0 Å². The zero-order valence-electron chi connectivity index (χ0n) is 13.3. The zero-order valence-corrected chi connectivity index (χ0v) is 13.3. The number of rotatable bonds is 5. The van der Waals surface area contributed by atoms with Crippen molar-refractivity contribution in [2.45, 2.75) is 33.2 Å². The molecule has 0 radical (unpaired) electrons. The third-order valence-electron chi connectivity index (χ3n) is 3.25. The van der Waals surface area contributed by atoms with E-state index in [9.17, 15) is 0 Å². The molecule has 3 aromatic heterocycles. The van der Waals surface area contributed by atoms with E-state index in [0.29, 0.717) is 18.3 Å². The Morgan fingerprint density at radius 1 is 1.09 bits per heavy atom. The Labute approximate surface area is 134 Å². The summed E-state index contributed by atoms with van der Waals surface area (Å²) in [6.07, 6.45) is 5.21. The van der Waals surface area contributed by atoms with Gasteiger partial charge in [-0.05, 0) is 19.1 Å². The SMILES string of the molecule is Cc1cnc(CNc2ccc(-c3nc(C(C)C)no3)cn2)cn1. The maximum atomic E-state index is 5.25. The van der Waals surface area contributed by atoms with Gasteiger partial charge >= 0.3 is 0 Å². The topological polar surface area (TPSA) is 89.6 Å². The van der Waals surface area contributed by atoms with Crippen LogP contribution in [0.4, 0.5) is 5.82 Å². The Bertz CT molecular complexity index is 764. The first-order chi connectivity index (χ1) is 11.1. The van der Waals surface area contributed by atoms with Crippen LogP contribution in [0, 0.1) is 6.92 Å². The van der Waals surface area contributed by atoms with Crippen molar-refractivity contribution < 1.29 is 4.52 Å².